The molecule has 1 amide bonds. The van der Waals surface area contributed by atoms with Crippen LogP contribution in [0.15, 0.2) is 57.9 Å². The first kappa shape index (κ1) is 17.8. The van der Waals surface area contributed by atoms with E-state index in [0.29, 0.717) is 13.0 Å². The highest BCUT2D eigenvalue weighted by molar-refractivity contribution is 9.10. The molecule has 7 heteroatoms. The number of sulfonamides is 1. The molecule has 5 nitrogen and oxygen atoms in total. The van der Waals surface area contributed by atoms with Crippen LogP contribution in [-0.2, 0) is 21.2 Å². The summed E-state index contributed by atoms with van der Waals surface area (Å²) in [5.74, 6) is -0.126. The Kier molecular flexibility index (Phi) is 5.08. The van der Waals surface area contributed by atoms with Gasteiger partial charge in [-0.05, 0) is 54.9 Å². The minimum atomic E-state index is -3.48. The Labute approximate surface area is 155 Å². The van der Waals surface area contributed by atoms with E-state index in [1.807, 2.05) is 24.3 Å². The maximum absolute atomic E-state index is 12.5. The van der Waals surface area contributed by atoms with E-state index in [1.165, 1.54) is 19.2 Å². The largest absolute Gasteiger partial charge is 0.308 e. The molecule has 2 aromatic rings. The molecule has 1 aliphatic rings. The number of carbonyl (C=O) groups excluding carboxylic acids is 1. The summed E-state index contributed by atoms with van der Waals surface area (Å²) in [7, 11) is -2.10. The summed E-state index contributed by atoms with van der Waals surface area (Å²) in [6.45, 7) is 0.539. The summed E-state index contributed by atoms with van der Waals surface area (Å²) in [5, 5.41) is 0. The van der Waals surface area contributed by atoms with Gasteiger partial charge in [-0.3, -0.25) is 4.79 Å². The molecule has 0 saturated heterocycles. The van der Waals surface area contributed by atoms with Crippen LogP contribution in [0.5, 0.6) is 0 Å². The quantitative estimate of drug-likeness (QED) is 0.773. The van der Waals surface area contributed by atoms with Gasteiger partial charge in [0.1, 0.15) is 0 Å². The van der Waals surface area contributed by atoms with Gasteiger partial charge >= 0.3 is 0 Å². The highest BCUT2D eigenvalue weighted by Crippen LogP contribution is 2.30. The van der Waals surface area contributed by atoms with Crippen molar-refractivity contribution in [2.24, 2.45) is 0 Å². The van der Waals surface area contributed by atoms with Crippen LogP contribution < -0.4 is 9.62 Å². The molecule has 0 unspecified atom stereocenters. The van der Waals surface area contributed by atoms with Gasteiger partial charge in [-0.25, -0.2) is 13.1 Å². The van der Waals surface area contributed by atoms with E-state index >= 15 is 0 Å². The molecule has 0 bridgehead atoms. The maximum Gasteiger partial charge on any atom is 0.251 e. The highest BCUT2D eigenvalue weighted by Gasteiger charge is 2.25. The van der Waals surface area contributed by atoms with E-state index in [9.17, 15) is 13.2 Å². The number of hydrogen-bond acceptors (Lipinski definition) is 3. The lowest BCUT2D eigenvalue weighted by atomic mass is 10.2. The second kappa shape index (κ2) is 7.11. The van der Waals surface area contributed by atoms with Gasteiger partial charge in [-0.15, -0.1) is 0 Å². The van der Waals surface area contributed by atoms with Crippen molar-refractivity contribution in [3.05, 3.63) is 64.1 Å². The number of rotatable bonds is 4. The zero-order chi connectivity index (χ0) is 18.0. The molecule has 0 atom stereocenters. The molecule has 2 aromatic carbocycles. The minimum absolute atomic E-state index is 0.126. The Hall–Kier alpha value is -1.96. The third kappa shape index (κ3) is 3.68. The van der Waals surface area contributed by atoms with Crippen LogP contribution in [0.2, 0.25) is 0 Å². The summed E-state index contributed by atoms with van der Waals surface area (Å²) in [6.07, 6.45) is 3.94. The van der Waals surface area contributed by atoms with Crippen LogP contribution in [-0.4, -0.2) is 27.9 Å². The van der Waals surface area contributed by atoms with Crippen LogP contribution in [0.3, 0.4) is 0 Å². The molecular weight excluding hydrogens is 404 g/mol. The number of benzene rings is 2. The third-order valence-electron chi connectivity index (χ3n) is 4.10. The molecule has 0 saturated carbocycles. The van der Waals surface area contributed by atoms with Gasteiger partial charge in [-0.2, -0.15) is 0 Å². The fourth-order valence-electron chi connectivity index (χ4n) is 2.75. The lowest BCUT2D eigenvalue weighted by Gasteiger charge is -2.15. The molecular formula is C18H17BrN2O3S. The van der Waals surface area contributed by atoms with Crippen molar-refractivity contribution in [2.75, 3.05) is 18.5 Å². The van der Waals surface area contributed by atoms with Gasteiger partial charge in [0.15, 0.2) is 0 Å². The minimum Gasteiger partial charge on any atom is -0.308 e. The Bertz CT molecular complexity index is 955. The van der Waals surface area contributed by atoms with Gasteiger partial charge < -0.3 is 4.90 Å². The molecule has 0 fully saturated rings. The van der Waals surface area contributed by atoms with Crippen LogP contribution in [0.25, 0.3) is 6.08 Å². The van der Waals surface area contributed by atoms with Crippen molar-refractivity contribution in [1.82, 2.24) is 4.72 Å². The van der Waals surface area contributed by atoms with Gasteiger partial charge in [0.05, 0.1) is 4.90 Å². The molecule has 1 N–H and O–H groups in total. The summed E-state index contributed by atoms with van der Waals surface area (Å²) in [5.41, 5.74) is 2.54. The number of nitrogens with one attached hydrogen (secondary N) is 1. The summed E-state index contributed by atoms with van der Waals surface area (Å²) >= 11 is 3.45. The summed E-state index contributed by atoms with van der Waals surface area (Å²) in [6, 6.07) is 12.5. The number of hydrogen-bond donors (Lipinski definition) is 1. The van der Waals surface area contributed by atoms with Gasteiger partial charge in [-0.1, -0.05) is 34.1 Å². The number of nitrogens with zero attached hydrogens (tertiary/aromatic N) is 1. The molecule has 25 heavy (non-hydrogen) atoms. The number of fused-ring (bicyclic) bond motifs is 1. The topological polar surface area (TPSA) is 66.5 Å². The van der Waals surface area contributed by atoms with Crippen LogP contribution in [0.1, 0.15) is 11.1 Å². The van der Waals surface area contributed by atoms with Crippen LogP contribution in [0, 0.1) is 0 Å². The predicted octanol–water partition coefficient (Wildman–Crippen LogP) is 2.96. The Morgan fingerprint density at radius 2 is 2.00 bits per heavy atom. The predicted molar refractivity (Wildman–Crippen MR) is 102 cm³/mol. The first-order valence-corrected chi connectivity index (χ1v) is 10.0. The molecule has 0 aromatic heterocycles. The Morgan fingerprint density at radius 1 is 1.24 bits per heavy atom. The SMILES string of the molecule is CNS(=O)(=O)c1ccc2c(c1)CCN2C(=O)/C=C/c1ccccc1Br. The molecule has 0 spiro atoms. The van der Waals surface area contributed by atoms with Crippen LogP contribution >= 0.6 is 15.9 Å². The zero-order valence-corrected chi connectivity index (χ0v) is 16.0. The van der Waals surface area contributed by atoms with Crippen molar-refractivity contribution in [1.29, 1.82) is 0 Å². The summed E-state index contributed by atoms with van der Waals surface area (Å²) in [4.78, 5) is 14.4. The van der Waals surface area contributed by atoms with Crippen molar-refractivity contribution >= 4 is 43.6 Å². The van der Waals surface area contributed by atoms with Crippen molar-refractivity contribution < 1.29 is 13.2 Å². The van der Waals surface area contributed by atoms with Crippen LogP contribution in [0.4, 0.5) is 5.69 Å². The second-order valence-corrected chi connectivity index (χ2v) is 8.33. The van der Waals surface area contributed by atoms with E-state index in [2.05, 4.69) is 20.7 Å². The summed E-state index contributed by atoms with van der Waals surface area (Å²) < 4.78 is 27.0. The highest BCUT2D eigenvalue weighted by atomic mass is 79.9. The van der Waals surface area contributed by atoms with Crippen molar-refractivity contribution in [2.45, 2.75) is 11.3 Å². The third-order valence-corrected chi connectivity index (χ3v) is 6.24. The lowest BCUT2D eigenvalue weighted by Crippen LogP contribution is -2.26. The number of carbonyl (C=O) groups is 1. The first-order chi connectivity index (χ1) is 11.9. The maximum atomic E-state index is 12.5. The second-order valence-electron chi connectivity index (χ2n) is 5.59. The zero-order valence-electron chi connectivity index (χ0n) is 13.6. The lowest BCUT2D eigenvalue weighted by molar-refractivity contribution is -0.114. The fraction of sp³-hybridized carbons (Fsp3) is 0.167. The van der Waals surface area contributed by atoms with E-state index < -0.39 is 10.0 Å². The molecule has 1 heterocycles. The number of halogens is 1. The molecule has 130 valence electrons. The van der Waals surface area contributed by atoms with Gasteiger partial charge in [0, 0.05) is 22.8 Å². The normalized spacial score (nSPS) is 14.1. The smallest absolute Gasteiger partial charge is 0.251 e. The van der Waals surface area contributed by atoms with E-state index in [-0.39, 0.29) is 10.8 Å². The van der Waals surface area contributed by atoms with Crippen molar-refractivity contribution in [3.63, 3.8) is 0 Å². The van der Waals surface area contributed by atoms with E-state index in [0.717, 1.165) is 21.3 Å². The molecule has 1 aliphatic heterocycles. The Balaban J connectivity index is 1.83. The van der Waals surface area contributed by atoms with Gasteiger partial charge in [0.25, 0.3) is 5.91 Å². The van der Waals surface area contributed by atoms with E-state index in [4.69, 9.17) is 0 Å². The number of amides is 1. The molecule has 0 aliphatic carbocycles. The number of anilines is 1. The Morgan fingerprint density at radius 3 is 2.72 bits per heavy atom. The standard InChI is InChI=1S/C18H17BrN2O3S/c1-20-25(23,24)15-7-8-17-14(12-15)10-11-21(17)18(22)9-6-13-4-2-3-5-16(13)19/h2-9,12,20H,10-11H2,1H3/b9-6+. The monoisotopic (exact) mass is 420 g/mol. The molecule has 0 radical (unpaired) electrons. The first-order valence-electron chi connectivity index (χ1n) is 7.73. The molecule has 3 rings (SSSR count). The average Bonchev–Trinajstić information content (AvgIpc) is 3.04. The average molecular weight is 421 g/mol. The fourth-order valence-corrected chi connectivity index (χ4v) is 3.95. The van der Waals surface area contributed by atoms with Gasteiger partial charge in [0.2, 0.25) is 10.0 Å². The van der Waals surface area contributed by atoms with E-state index in [1.54, 1.807) is 23.1 Å². The van der Waals surface area contributed by atoms with Crippen molar-refractivity contribution in [3.8, 4) is 0 Å².